The zero-order chi connectivity index (χ0) is 21.8. The summed E-state index contributed by atoms with van der Waals surface area (Å²) in [5.41, 5.74) is 2.75. The van der Waals surface area contributed by atoms with Gasteiger partial charge in [0.1, 0.15) is 11.4 Å². The van der Waals surface area contributed by atoms with Crippen LogP contribution in [0, 0.1) is 13.8 Å². The van der Waals surface area contributed by atoms with Crippen molar-refractivity contribution in [3.05, 3.63) is 46.8 Å². The van der Waals surface area contributed by atoms with Crippen LogP contribution in [0.4, 0.5) is 0 Å². The van der Waals surface area contributed by atoms with Crippen LogP contribution in [-0.4, -0.2) is 51.1 Å². The summed E-state index contributed by atoms with van der Waals surface area (Å²) in [7, 11) is 1.59. The number of hydrogen-bond donors (Lipinski definition) is 2. The molecule has 3 aromatic rings. The molecule has 10 heteroatoms. The molecular weight excluding hydrogens is 406 g/mol. The molecule has 0 fully saturated rings. The summed E-state index contributed by atoms with van der Waals surface area (Å²) in [4.78, 5) is 27.8. The third kappa shape index (κ3) is 4.18. The van der Waals surface area contributed by atoms with Gasteiger partial charge in [-0.05, 0) is 50.6 Å². The number of ketones is 1. The van der Waals surface area contributed by atoms with Gasteiger partial charge >= 0.3 is 5.97 Å². The van der Waals surface area contributed by atoms with E-state index in [9.17, 15) is 9.59 Å². The van der Waals surface area contributed by atoms with E-state index in [-0.39, 0.29) is 18.1 Å². The molecule has 3 rings (SSSR count). The molecular formula is C20H23N5O4S. The van der Waals surface area contributed by atoms with Gasteiger partial charge in [0.15, 0.2) is 11.6 Å². The van der Waals surface area contributed by atoms with Crippen LogP contribution in [-0.2, 0) is 4.74 Å². The topological polar surface area (TPSA) is 125 Å². The van der Waals surface area contributed by atoms with E-state index < -0.39 is 5.97 Å². The molecule has 0 spiro atoms. The number of hydrogen-bond acceptors (Lipinski definition) is 8. The number of esters is 1. The Hall–Kier alpha value is -3.27. The number of benzene rings is 1. The largest absolute Gasteiger partial charge is 0.497 e. The first-order chi connectivity index (χ1) is 14.4. The summed E-state index contributed by atoms with van der Waals surface area (Å²) >= 11 is 1.18. The standard InChI is InChI=1S/C20H23N5O4S/c1-5-29-19(27)17-11(2)16(12(3)22-17)15(26)10-30-20-24-23-18(25(20)21)13-6-8-14(28-4)9-7-13/h6-9,22H,5,10,21H2,1-4H3. The number of Topliss-reactive ketones (excluding diaryl/α,β-unsaturated/α-hetero) is 1. The second-order valence-electron chi connectivity index (χ2n) is 6.46. The molecule has 158 valence electrons. The minimum Gasteiger partial charge on any atom is -0.497 e. The SMILES string of the molecule is CCOC(=O)c1[nH]c(C)c(C(=O)CSc2nnc(-c3ccc(OC)cc3)n2N)c1C. The number of aryl methyl sites for hydroxylation is 1. The molecule has 0 saturated heterocycles. The number of H-pyrrole nitrogens is 1. The third-order valence-electron chi connectivity index (χ3n) is 4.54. The first-order valence-electron chi connectivity index (χ1n) is 9.24. The predicted octanol–water partition coefficient (Wildman–Crippen LogP) is 2.76. The van der Waals surface area contributed by atoms with Crippen LogP contribution in [0.15, 0.2) is 29.4 Å². The van der Waals surface area contributed by atoms with Gasteiger partial charge in [-0.25, -0.2) is 9.47 Å². The van der Waals surface area contributed by atoms with E-state index in [1.807, 2.05) is 12.1 Å². The maximum Gasteiger partial charge on any atom is 0.355 e. The lowest BCUT2D eigenvalue weighted by Gasteiger charge is -2.05. The number of carbonyl (C=O) groups excluding carboxylic acids is 2. The first-order valence-corrected chi connectivity index (χ1v) is 10.2. The van der Waals surface area contributed by atoms with Crippen LogP contribution in [0.25, 0.3) is 11.4 Å². The molecule has 0 unspecified atom stereocenters. The molecule has 0 saturated carbocycles. The van der Waals surface area contributed by atoms with Crippen molar-refractivity contribution in [1.82, 2.24) is 19.9 Å². The Balaban J connectivity index is 1.74. The highest BCUT2D eigenvalue weighted by Gasteiger charge is 2.23. The summed E-state index contributed by atoms with van der Waals surface area (Å²) in [5, 5.41) is 8.62. The lowest BCUT2D eigenvalue weighted by atomic mass is 10.1. The number of nitrogen functional groups attached to an aromatic ring is 1. The van der Waals surface area contributed by atoms with E-state index in [0.29, 0.717) is 33.5 Å². The Morgan fingerprint density at radius 2 is 1.90 bits per heavy atom. The van der Waals surface area contributed by atoms with Crippen LogP contribution in [0.1, 0.15) is 39.0 Å². The third-order valence-corrected chi connectivity index (χ3v) is 5.48. The maximum atomic E-state index is 12.8. The van der Waals surface area contributed by atoms with Gasteiger partial charge < -0.3 is 20.3 Å². The van der Waals surface area contributed by atoms with E-state index in [1.165, 1.54) is 16.4 Å². The van der Waals surface area contributed by atoms with Gasteiger partial charge in [-0.1, -0.05) is 11.8 Å². The van der Waals surface area contributed by atoms with Gasteiger partial charge in [0.2, 0.25) is 5.16 Å². The van der Waals surface area contributed by atoms with Crippen molar-refractivity contribution < 1.29 is 19.1 Å². The normalized spacial score (nSPS) is 10.8. The van der Waals surface area contributed by atoms with Crippen LogP contribution in [0.5, 0.6) is 5.75 Å². The molecule has 2 aromatic heterocycles. The minimum absolute atomic E-state index is 0.0970. The number of methoxy groups -OCH3 is 1. The Morgan fingerprint density at radius 3 is 2.53 bits per heavy atom. The fraction of sp³-hybridized carbons (Fsp3) is 0.300. The van der Waals surface area contributed by atoms with Gasteiger partial charge in [0.05, 0.1) is 19.5 Å². The van der Waals surface area contributed by atoms with Crippen molar-refractivity contribution in [2.75, 3.05) is 25.3 Å². The van der Waals surface area contributed by atoms with E-state index in [4.69, 9.17) is 15.3 Å². The second kappa shape index (κ2) is 9.04. The highest BCUT2D eigenvalue weighted by atomic mass is 32.2. The number of rotatable bonds is 8. The van der Waals surface area contributed by atoms with Crippen molar-refractivity contribution in [2.24, 2.45) is 0 Å². The Morgan fingerprint density at radius 1 is 1.20 bits per heavy atom. The van der Waals surface area contributed by atoms with Gasteiger partial charge in [-0.15, -0.1) is 10.2 Å². The Labute approximate surface area is 177 Å². The first kappa shape index (κ1) is 21.4. The molecule has 30 heavy (non-hydrogen) atoms. The molecule has 9 nitrogen and oxygen atoms in total. The van der Waals surface area contributed by atoms with Gasteiger partial charge in [0, 0.05) is 16.8 Å². The molecule has 0 radical (unpaired) electrons. The fourth-order valence-corrected chi connectivity index (χ4v) is 3.82. The molecule has 0 aliphatic rings. The van der Waals surface area contributed by atoms with E-state index >= 15 is 0 Å². The molecule has 0 aliphatic carbocycles. The number of thioether (sulfide) groups is 1. The summed E-state index contributed by atoms with van der Waals surface area (Å²) in [5.74, 6) is 6.81. The minimum atomic E-state index is -0.476. The van der Waals surface area contributed by atoms with Gasteiger partial charge in [-0.2, -0.15) is 0 Å². The number of aromatic nitrogens is 4. The monoisotopic (exact) mass is 429 g/mol. The molecule has 0 atom stereocenters. The number of nitrogens with zero attached hydrogens (tertiary/aromatic N) is 3. The quantitative estimate of drug-likeness (QED) is 0.242. The lowest BCUT2D eigenvalue weighted by Crippen LogP contribution is -2.13. The van der Waals surface area contributed by atoms with Crippen LogP contribution in [0.2, 0.25) is 0 Å². The zero-order valence-corrected chi connectivity index (χ0v) is 18.0. The highest BCUT2D eigenvalue weighted by Crippen LogP contribution is 2.26. The summed E-state index contributed by atoms with van der Waals surface area (Å²) in [6.07, 6.45) is 0. The molecule has 3 N–H and O–H groups in total. The van der Waals surface area contributed by atoms with Crippen molar-refractivity contribution in [2.45, 2.75) is 25.9 Å². The highest BCUT2D eigenvalue weighted by molar-refractivity contribution is 7.99. The number of nitrogens with two attached hydrogens (primary N) is 1. The Bertz CT molecular complexity index is 1070. The van der Waals surface area contributed by atoms with E-state index in [1.54, 1.807) is 40.0 Å². The number of ether oxygens (including phenoxy) is 2. The number of nitrogens with one attached hydrogen (secondary N) is 1. The predicted molar refractivity (Wildman–Crippen MR) is 113 cm³/mol. The average Bonchev–Trinajstić information content (AvgIpc) is 3.25. The van der Waals surface area contributed by atoms with Crippen LogP contribution in [0.3, 0.4) is 0 Å². The maximum absolute atomic E-state index is 12.8. The Kier molecular flexibility index (Phi) is 6.46. The second-order valence-corrected chi connectivity index (χ2v) is 7.40. The zero-order valence-electron chi connectivity index (χ0n) is 17.2. The van der Waals surface area contributed by atoms with Crippen molar-refractivity contribution in [1.29, 1.82) is 0 Å². The number of aromatic amines is 1. The summed E-state index contributed by atoms with van der Waals surface area (Å²) in [6.45, 7) is 5.47. The lowest BCUT2D eigenvalue weighted by molar-refractivity contribution is 0.0519. The molecule has 0 bridgehead atoms. The average molecular weight is 430 g/mol. The molecule has 0 amide bonds. The summed E-state index contributed by atoms with van der Waals surface area (Å²) < 4.78 is 11.5. The fourth-order valence-electron chi connectivity index (χ4n) is 3.09. The smallest absolute Gasteiger partial charge is 0.355 e. The van der Waals surface area contributed by atoms with E-state index in [0.717, 1.165) is 11.3 Å². The van der Waals surface area contributed by atoms with E-state index in [2.05, 4.69) is 15.2 Å². The van der Waals surface area contributed by atoms with Crippen LogP contribution >= 0.6 is 11.8 Å². The van der Waals surface area contributed by atoms with Crippen LogP contribution < -0.4 is 10.6 Å². The number of carbonyl (C=O) groups is 2. The van der Waals surface area contributed by atoms with Crippen molar-refractivity contribution >= 4 is 23.5 Å². The van der Waals surface area contributed by atoms with Gasteiger partial charge in [-0.3, -0.25) is 4.79 Å². The molecule has 2 heterocycles. The van der Waals surface area contributed by atoms with Crippen molar-refractivity contribution in [3.8, 4) is 17.1 Å². The molecule has 0 aliphatic heterocycles. The van der Waals surface area contributed by atoms with Crippen molar-refractivity contribution in [3.63, 3.8) is 0 Å². The summed E-state index contributed by atoms with van der Waals surface area (Å²) in [6, 6.07) is 7.27. The van der Waals surface area contributed by atoms with Gasteiger partial charge in [0.25, 0.3) is 0 Å². The molecule has 1 aromatic carbocycles.